The van der Waals surface area contributed by atoms with Gasteiger partial charge in [0.15, 0.2) is 0 Å². The van der Waals surface area contributed by atoms with Crippen molar-refractivity contribution in [2.24, 2.45) is 0 Å². The molecule has 0 saturated heterocycles. The number of hydrogen-bond donors (Lipinski definition) is 3. The second kappa shape index (κ2) is 5.27. The van der Waals surface area contributed by atoms with Gasteiger partial charge in [-0.25, -0.2) is 4.42 Å². The van der Waals surface area contributed by atoms with Crippen LogP contribution < -0.4 is 12.4 Å². The molecule has 20 heavy (non-hydrogen) atoms. The maximum Gasteiger partial charge on any atom is 0.367 e. The lowest BCUT2D eigenvalue weighted by Gasteiger charge is -2.00. The molecule has 3 rings (SSSR count). The average Bonchev–Trinajstić information content (AvgIpc) is 2.39. The number of phenols is 3. The number of fused-ring (bicyclic) bond motifs is 1. The topological polar surface area (TPSA) is 72.0 Å². The van der Waals surface area contributed by atoms with E-state index in [-0.39, 0.29) is 29.7 Å². The molecule has 3 N–H and O–H groups in total. The number of phenolic OH excluding ortho intramolecular Hbond substituents is 3. The molecule has 0 fully saturated rings. The SMILES string of the molecule is Oc1ccc(-c2c[o+]c3cc(O)cc(O)c3c2)cc1.[Cl-]. The second-order valence-electron chi connectivity index (χ2n) is 4.26. The van der Waals surface area contributed by atoms with Gasteiger partial charge in [0.2, 0.25) is 0 Å². The van der Waals surface area contributed by atoms with Gasteiger partial charge in [-0.1, -0.05) is 12.1 Å². The first-order valence-electron chi connectivity index (χ1n) is 5.70. The van der Waals surface area contributed by atoms with Gasteiger partial charge in [-0.3, -0.25) is 0 Å². The standard InChI is InChI=1S/C15H10O4.ClH/c16-11-3-1-9(2-4-11)10-5-13-14(18)6-12(17)7-15(13)19-8-10;/h1-8H,(H2-,16,17,18);1H. The highest BCUT2D eigenvalue weighted by atomic mass is 35.5. The summed E-state index contributed by atoms with van der Waals surface area (Å²) in [6.07, 6.45) is 1.54. The Hall–Kier alpha value is -2.46. The van der Waals surface area contributed by atoms with Crippen LogP contribution in [0.2, 0.25) is 0 Å². The molecule has 0 aliphatic carbocycles. The van der Waals surface area contributed by atoms with Crippen molar-refractivity contribution in [2.45, 2.75) is 0 Å². The van der Waals surface area contributed by atoms with E-state index in [4.69, 9.17) is 4.42 Å². The Morgan fingerprint density at radius 3 is 2.15 bits per heavy atom. The van der Waals surface area contributed by atoms with E-state index < -0.39 is 0 Å². The van der Waals surface area contributed by atoms with Crippen LogP contribution in [0.25, 0.3) is 22.1 Å². The summed E-state index contributed by atoms with van der Waals surface area (Å²) in [5, 5.41) is 29.0. The normalized spacial score (nSPS) is 10.2. The molecule has 0 radical (unpaired) electrons. The fourth-order valence-corrected chi connectivity index (χ4v) is 1.96. The molecule has 0 atom stereocenters. The first-order valence-corrected chi connectivity index (χ1v) is 5.70. The van der Waals surface area contributed by atoms with Crippen LogP contribution in [-0.2, 0) is 0 Å². The Morgan fingerprint density at radius 2 is 1.45 bits per heavy atom. The Morgan fingerprint density at radius 1 is 0.750 bits per heavy atom. The lowest BCUT2D eigenvalue weighted by Crippen LogP contribution is -3.00. The molecule has 0 aliphatic heterocycles. The molecule has 4 nitrogen and oxygen atoms in total. The van der Waals surface area contributed by atoms with Crippen molar-refractivity contribution in [3.63, 3.8) is 0 Å². The summed E-state index contributed by atoms with van der Waals surface area (Å²) in [4.78, 5) is 0. The zero-order chi connectivity index (χ0) is 13.4. The zero-order valence-corrected chi connectivity index (χ0v) is 11.0. The molecule has 5 heteroatoms. The van der Waals surface area contributed by atoms with Crippen molar-refractivity contribution >= 4 is 11.0 Å². The summed E-state index contributed by atoms with van der Waals surface area (Å²) in [6.45, 7) is 0. The van der Waals surface area contributed by atoms with Crippen LogP contribution in [0.5, 0.6) is 17.2 Å². The van der Waals surface area contributed by atoms with Gasteiger partial charge < -0.3 is 27.7 Å². The second-order valence-corrected chi connectivity index (χ2v) is 4.26. The van der Waals surface area contributed by atoms with Crippen molar-refractivity contribution in [1.82, 2.24) is 0 Å². The number of hydrogen-bond acceptors (Lipinski definition) is 3. The van der Waals surface area contributed by atoms with Gasteiger partial charge >= 0.3 is 11.8 Å². The molecule has 0 unspecified atom stereocenters. The summed E-state index contributed by atoms with van der Waals surface area (Å²) in [5.41, 5.74) is 2.03. The summed E-state index contributed by atoms with van der Waals surface area (Å²) >= 11 is 0. The van der Waals surface area contributed by atoms with Crippen LogP contribution in [0.15, 0.2) is 53.1 Å². The van der Waals surface area contributed by atoms with Crippen molar-refractivity contribution in [2.75, 3.05) is 0 Å². The van der Waals surface area contributed by atoms with Gasteiger partial charge in [0.1, 0.15) is 22.6 Å². The highest BCUT2D eigenvalue weighted by molar-refractivity contribution is 5.88. The Kier molecular flexibility index (Phi) is 3.68. The maximum absolute atomic E-state index is 9.81. The molecule has 1 heterocycles. The van der Waals surface area contributed by atoms with Crippen LogP contribution in [-0.4, -0.2) is 15.3 Å². The van der Waals surface area contributed by atoms with E-state index in [1.807, 2.05) is 0 Å². The number of halogens is 1. The minimum absolute atomic E-state index is 0. The molecule has 1 aromatic heterocycles. The molecule has 0 saturated carbocycles. The van der Waals surface area contributed by atoms with Crippen molar-refractivity contribution in [3.05, 3.63) is 48.7 Å². The van der Waals surface area contributed by atoms with Crippen molar-refractivity contribution < 1.29 is 32.1 Å². The van der Waals surface area contributed by atoms with Crippen LogP contribution >= 0.6 is 0 Å². The molecule has 0 aliphatic rings. The first-order chi connectivity index (χ1) is 9.13. The summed E-state index contributed by atoms with van der Waals surface area (Å²) in [6, 6.07) is 11.1. The van der Waals surface area contributed by atoms with Crippen LogP contribution in [0.3, 0.4) is 0 Å². The predicted octanol–water partition coefficient (Wildman–Crippen LogP) is 0.502. The Balaban J connectivity index is 0.00000147. The molecule has 102 valence electrons. The smallest absolute Gasteiger partial charge is 0.367 e. The number of rotatable bonds is 1. The molecule has 2 aromatic carbocycles. The summed E-state index contributed by atoms with van der Waals surface area (Å²) < 4.78 is 5.41. The minimum Gasteiger partial charge on any atom is -1.00 e. The van der Waals surface area contributed by atoms with Gasteiger partial charge in [0.25, 0.3) is 0 Å². The van der Waals surface area contributed by atoms with E-state index in [0.29, 0.717) is 11.0 Å². The van der Waals surface area contributed by atoms with E-state index >= 15 is 0 Å². The first kappa shape index (κ1) is 14.0. The van der Waals surface area contributed by atoms with E-state index in [2.05, 4.69) is 0 Å². The third kappa shape index (κ3) is 2.46. The van der Waals surface area contributed by atoms with Gasteiger partial charge in [0, 0.05) is 6.07 Å². The molecule has 0 amide bonds. The zero-order valence-electron chi connectivity index (χ0n) is 10.2. The van der Waals surface area contributed by atoms with Crippen LogP contribution in [0, 0.1) is 0 Å². The largest absolute Gasteiger partial charge is 1.00 e. The lowest BCUT2D eigenvalue weighted by atomic mass is 10.1. The maximum atomic E-state index is 9.81. The van der Waals surface area contributed by atoms with Gasteiger partial charge in [-0.2, -0.15) is 0 Å². The lowest BCUT2D eigenvalue weighted by molar-refractivity contribution is -0.00000735. The van der Waals surface area contributed by atoms with Gasteiger partial charge in [0.05, 0.1) is 11.6 Å². The monoisotopic (exact) mass is 290 g/mol. The minimum atomic E-state index is -0.0499. The third-order valence-corrected chi connectivity index (χ3v) is 2.92. The molecule has 0 spiro atoms. The summed E-state index contributed by atoms with van der Waals surface area (Å²) in [7, 11) is 0. The van der Waals surface area contributed by atoms with Crippen molar-refractivity contribution in [1.29, 1.82) is 0 Å². The fraction of sp³-hybridized carbons (Fsp3) is 0. The van der Waals surface area contributed by atoms with E-state index in [1.165, 1.54) is 18.4 Å². The van der Waals surface area contributed by atoms with E-state index in [1.54, 1.807) is 30.3 Å². The Labute approximate surface area is 121 Å². The molecule has 3 aromatic rings. The van der Waals surface area contributed by atoms with Crippen LogP contribution in [0.4, 0.5) is 0 Å². The van der Waals surface area contributed by atoms with Gasteiger partial charge in [-0.05, 0) is 23.8 Å². The van der Waals surface area contributed by atoms with E-state index in [9.17, 15) is 15.3 Å². The fourth-order valence-electron chi connectivity index (χ4n) is 1.96. The molecular formula is C15H11ClO4. The molecule has 0 bridgehead atoms. The highest BCUT2D eigenvalue weighted by Crippen LogP contribution is 2.33. The third-order valence-electron chi connectivity index (χ3n) is 2.92. The van der Waals surface area contributed by atoms with Crippen LogP contribution in [0.1, 0.15) is 0 Å². The van der Waals surface area contributed by atoms with Crippen molar-refractivity contribution in [3.8, 4) is 28.4 Å². The quantitative estimate of drug-likeness (QED) is 0.571. The highest BCUT2D eigenvalue weighted by Gasteiger charge is 2.15. The Bertz CT molecular complexity index is 754. The molecular weight excluding hydrogens is 280 g/mol. The average molecular weight is 291 g/mol. The number of aromatic hydroxyl groups is 3. The van der Waals surface area contributed by atoms with E-state index in [0.717, 1.165) is 11.1 Å². The summed E-state index contributed by atoms with van der Waals surface area (Å²) in [5.74, 6) is 0.0970. The predicted molar refractivity (Wildman–Crippen MR) is 71.1 cm³/mol. The number of benzene rings is 2. The van der Waals surface area contributed by atoms with Gasteiger partial charge in [-0.15, -0.1) is 0 Å².